The summed E-state index contributed by atoms with van der Waals surface area (Å²) in [4.78, 5) is 3.36. The van der Waals surface area contributed by atoms with E-state index in [0.29, 0.717) is 0 Å². The van der Waals surface area contributed by atoms with Crippen molar-refractivity contribution in [3.8, 4) is 5.75 Å². The van der Waals surface area contributed by atoms with Crippen LogP contribution in [0.15, 0.2) is 30.3 Å². The lowest BCUT2D eigenvalue weighted by Gasteiger charge is -2.06. The Morgan fingerprint density at radius 3 is 3.00 bits per heavy atom. The van der Waals surface area contributed by atoms with Gasteiger partial charge in [-0.05, 0) is 24.6 Å². The predicted octanol–water partition coefficient (Wildman–Crippen LogP) is 2.85. The molecule has 0 fully saturated rings. The van der Waals surface area contributed by atoms with Crippen LogP contribution in [-0.4, -0.2) is 11.6 Å². The van der Waals surface area contributed by atoms with Gasteiger partial charge in [0.05, 0.1) is 6.61 Å². The fraction of sp³-hybridized carbons (Fsp3) is 0.286. The minimum atomic E-state index is 0.829. The summed E-state index contributed by atoms with van der Waals surface area (Å²) in [6.45, 7) is 2.91. The number of fused-ring (bicyclic) bond motifs is 1. The van der Waals surface area contributed by atoms with Gasteiger partial charge < -0.3 is 9.72 Å². The lowest BCUT2D eigenvalue weighted by Crippen LogP contribution is -1.93. The normalized spacial score (nSPS) is 13.6. The van der Waals surface area contributed by atoms with Crippen molar-refractivity contribution in [1.29, 1.82) is 0 Å². The van der Waals surface area contributed by atoms with Gasteiger partial charge in [-0.25, -0.2) is 0 Å². The Hall–Kier alpha value is -1.70. The molecule has 2 nitrogen and oxygen atoms in total. The van der Waals surface area contributed by atoms with Crippen LogP contribution < -0.4 is 4.74 Å². The van der Waals surface area contributed by atoms with Gasteiger partial charge in [0.2, 0.25) is 0 Å². The number of benzene rings is 1. The molecule has 82 valence electrons. The molecule has 1 aromatic carbocycles. The zero-order valence-corrected chi connectivity index (χ0v) is 9.42. The van der Waals surface area contributed by atoms with Crippen molar-refractivity contribution in [2.45, 2.75) is 19.8 Å². The molecule has 1 aromatic heterocycles. The zero-order chi connectivity index (χ0) is 11.0. The van der Waals surface area contributed by atoms with Crippen LogP contribution in [0.5, 0.6) is 5.75 Å². The summed E-state index contributed by atoms with van der Waals surface area (Å²) < 4.78 is 5.69. The van der Waals surface area contributed by atoms with Crippen LogP contribution in [0.25, 0.3) is 0 Å². The average molecular weight is 213 g/mol. The fourth-order valence-corrected chi connectivity index (χ4v) is 2.29. The molecule has 0 unspecified atom stereocenters. The van der Waals surface area contributed by atoms with E-state index in [-0.39, 0.29) is 0 Å². The predicted molar refractivity (Wildman–Crippen MR) is 64.0 cm³/mol. The van der Waals surface area contributed by atoms with Crippen LogP contribution in [0.1, 0.15) is 22.5 Å². The molecule has 0 amide bonds. The van der Waals surface area contributed by atoms with E-state index < -0.39 is 0 Å². The number of para-hydroxylation sites is 1. The highest BCUT2D eigenvalue weighted by Crippen LogP contribution is 2.30. The summed E-state index contributed by atoms with van der Waals surface area (Å²) in [5, 5.41) is 0. The van der Waals surface area contributed by atoms with Crippen LogP contribution in [0.2, 0.25) is 0 Å². The molecule has 2 heterocycles. The maximum atomic E-state index is 5.69. The van der Waals surface area contributed by atoms with E-state index >= 15 is 0 Å². The maximum Gasteiger partial charge on any atom is 0.126 e. The fourth-order valence-electron chi connectivity index (χ4n) is 2.29. The minimum absolute atomic E-state index is 0.829. The van der Waals surface area contributed by atoms with E-state index in [1.807, 2.05) is 0 Å². The number of aryl methyl sites for hydroxylation is 1. The van der Waals surface area contributed by atoms with Crippen LogP contribution >= 0.6 is 0 Å². The first kappa shape index (κ1) is 9.52. The van der Waals surface area contributed by atoms with Gasteiger partial charge in [-0.1, -0.05) is 18.2 Å². The topological polar surface area (TPSA) is 25.0 Å². The minimum Gasteiger partial charge on any atom is -0.493 e. The SMILES string of the molecule is Cc1ccc(Cc2cccc3c2OCC3)[nH]1. The molecular formula is C14H15NO. The third-order valence-corrected chi connectivity index (χ3v) is 3.07. The first-order valence-electron chi connectivity index (χ1n) is 5.71. The van der Waals surface area contributed by atoms with Crippen molar-refractivity contribution >= 4 is 0 Å². The molecule has 0 saturated carbocycles. The largest absolute Gasteiger partial charge is 0.493 e. The van der Waals surface area contributed by atoms with Crippen molar-refractivity contribution in [1.82, 2.24) is 4.98 Å². The second kappa shape index (κ2) is 3.71. The lowest BCUT2D eigenvalue weighted by molar-refractivity contribution is 0.354. The number of nitrogens with one attached hydrogen (secondary N) is 1. The Balaban J connectivity index is 1.93. The molecule has 0 bridgehead atoms. The van der Waals surface area contributed by atoms with E-state index in [9.17, 15) is 0 Å². The van der Waals surface area contributed by atoms with Crippen LogP contribution in [0.3, 0.4) is 0 Å². The number of ether oxygens (including phenoxy) is 1. The first-order valence-corrected chi connectivity index (χ1v) is 5.71. The van der Waals surface area contributed by atoms with E-state index in [0.717, 1.165) is 25.2 Å². The first-order chi connectivity index (χ1) is 7.83. The second-order valence-electron chi connectivity index (χ2n) is 4.35. The van der Waals surface area contributed by atoms with Crippen molar-refractivity contribution < 1.29 is 4.74 Å². The molecule has 3 rings (SSSR count). The molecule has 1 aliphatic rings. The molecule has 2 heteroatoms. The summed E-state index contributed by atoms with van der Waals surface area (Å²) in [6.07, 6.45) is 1.98. The molecule has 0 saturated heterocycles. The second-order valence-corrected chi connectivity index (χ2v) is 4.35. The summed E-state index contributed by atoms with van der Waals surface area (Å²) in [5.74, 6) is 1.11. The number of rotatable bonds is 2. The maximum absolute atomic E-state index is 5.69. The number of aromatic amines is 1. The Bertz CT molecular complexity index is 513. The third-order valence-electron chi connectivity index (χ3n) is 3.07. The lowest BCUT2D eigenvalue weighted by atomic mass is 10.0. The van der Waals surface area contributed by atoms with Crippen LogP contribution in [0.4, 0.5) is 0 Å². The van der Waals surface area contributed by atoms with Crippen molar-refractivity contribution in [3.63, 3.8) is 0 Å². The Morgan fingerprint density at radius 1 is 1.25 bits per heavy atom. The van der Waals surface area contributed by atoms with Crippen molar-refractivity contribution in [3.05, 3.63) is 52.8 Å². The Morgan fingerprint density at radius 2 is 2.19 bits per heavy atom. The Labute approximate surface area is 95.3 Å². The highest BCUT2D eigenvalue weighted by Gasteiger charge is 2.15. The van der Waals surface area contributed by atoms with Crippen LogP contribution in [-0.2, 0) is 12.8 Å². The number of aromatic nitrogens is 1. The molecule has 16 heavy (non-hydrogen) atoms. The summed E-state index contributed by atoms with van der Waals surface area (Å²) in [5.41, 5.74) is 5.10. The van der Waals surface area contributed by atoms with Gasteiger partial charge in [0.15, 0.2) is 0 Å². The van der Waals surface area contributed by atoms with Crippen molar-refractivity contribution in [2.75, 3.05) is 6.61 Å². The number of hydrogen-bond donors (Lipinski definition) is 1. The van der Waals surface area contributed by atoms with E-state index in [4.69, 9.17) is 4.74 Å². The standard InChI is InChI=1S/C14H15NO/c1-10-5-6-13(15-10)9-12-4-2-3-11-7-8-16-14(11)12/h2-6,15H,7-9H2,1H3. The molecule has 1 aliphatic heterocycles. The number of H-pyrrole nitrogens is 1. The molecule has 0 aliphatic carbocycles. The van der Waals surface area contributed by atoms with Gasteiger partial charge in [-0.15, -0.1) is 0 Å². The third kappa shape index (κ3) is 1.60. The summed E-state index contributed by atoms with van der Waals surface area (Å²) in [7, 11) is 0. The molecule has 0 spiro atoms. The van der Waals surface area contributed by atoms with E-state index in [2.05, 4.69) is 42.2 Å². The summed E-state index contributed by atoms with van der Waals surface area (Å²) >= 11 is 0. The molecular weight excluding hydrogens is 198 g/mol. The monoisotopic (exact) mass is 213 g/mol. The quantitative estimate of drug-likeness (QED) is 0.815. The Kier molecular flexibility index (Phi) is 2.21. The highest BCUT2D eigenvalue weighted by molar-refractivity contribution is 5.45. The van der Waals surface area contributed by atoms with E-state index in [1.165, 1.54) is 22.5 Å². The van der Waals surface area contributed by atoms with Gasteiger partial charge in [0.25, 0.3) is 0 Å². The van der Waals surface area contributed by atoms with Gasteiger partial charge in [-0.2, -0.15) is 0 Å². The highest BCUT2D eigenvalue weighted by atomic mass is 16.5. The smallest absolute Gasteiger partial charge is 0.126 e. The molecule has 0 atom stereocenters. The summed E-state index contributed by atoms with van der Waals surface area (Å²) in [6, 6.07) is 10.7. The van der Waals surface area contributed by atoms with E-state index in [1.54, 1.807) is 0 Å². The number of hydrogen-bond acceptors (Lipinski definition) is 1. The average Bonchev–Trinajstić information content (AvgIpc) is 2.87. The zero-order valence-electron chi connectivity index (χ0n) is 9.42. The van der Waals surface area contributed by atoms with Gasteiger partial charge >= 0.3 is 0 Å². The van der Waals surface area contributed by atoms with Gasteiger partial charge in [0.1, 0.15) is 5.75 Å². The molecule has 0 radical (unpaired) electrons. The van der Waals surface area contributed by atoms with Gasteiger partial charge in [-0.3, -0.25) is 0 Å². The molecule has 2 aromatic rings. The van der Waals surface area contributed by atoms with Crippen molar-refractivity contribution in [2.24, 2.45) is 0 Å². The van der Waals surface area contributed by atoms with Crippen LogP contribution in [0, 0.1) is 6.92 Å². The molecule has 1 N–H and O–H groups in total. The van der Waals surface area contributed by atoms with Gasteiger partial charge in [0, 0.05) is 29.8 Å².